The van der Waals surface area contributed by atoms with Crippen LogP contribution in [0.3, 0.4) is 0 Å². The lowest BCUT2D eigenvalue weighted by atomic mass is 10.0. The van der Waals surface area contributed by atoms with Crippen molar-refractivity contribution in [3.63, 3.8) is 0 Å². The maximum atomic E-state index is 11.6. The van der Waals surface area contributed by atoms with Gasteiger partial charge in [0, 0.05) is 24.7 Å². The third-order valence-electron chi connectivity index (χ3n) is 4.41. The molecule has 4 rings (SSSR count). The Labute approximate surface area is 143 Å². The molecule has 25 heavy (non-hydrogen) atoms. The molecule has 1 atom stereocenters. The van der Waals surface area contributed by atoms with Gasteiger partial charge in [-0.15, -0.1) is 0 Å². The summed E-state index contributed by atoms with van der Waals surface area (Å²) >= 11 is 0. The van der Waals surface area contributed by atoms with Crippen molar-refractivity contribution in [1.82, 2.24) is 9.55 Å². The Morgan fingerprint density at radius 3 is 2.80 bits per heavy atom. The van der Waals surface area contributed by atoms with Crippen LogP contribution in [0.5, 0.6) is 0 Å². The van der Waals surface area contributed by atoms with Crippen molar-refractivity contribution >= 4 is 22.0 Å². The summed E-state index contributed by atoms with van der Waals surface area (Å²) in [7, 11) is 1.69. The molecule has 0 saturated heterocycles. The SMILES string of the molecule is Cn1c(=O)oc2ccc(-c3ccc4cc(CC(N)C#N)[nH]c4c3)cc21. The fourth-order valence-corrected chi connectivity index (χ4v) is 3.07. The van der Waals surface area contributed by atoms with Gasteiger partial charge in [-0.1, -0.05) is 18.2 Å². The summed E-state index contributed by atoms with van der Waals surface area (Å²) in [6.07, 6.45) is 0.490. The first-order chi connectivity index (χ1) is 12.0. The summed E-state index contributed by atoms with van der Waals surface area (Å²) < 4.78 is 6.67. The number of nitriles is 1. The lowest BCUT2D eigenvalue weighted by molar-refractivity contribution is 0.528. The standard InChI is InChI=1S/C19H16N4O2/c1-23-17-8-12(4-5-18(17)25-19(23)24)11-2-3-13-6-15(9-14(21)10-20)22-16(13)7-11/h2-8,14,22H,9,21H2,1H3. The molecule has 0 saturated carbocycles. The van der Waals surface area contributed by atoms with Gasteiger partial charge in [-0.2, -0.15) is 5.26 Å². The van der Waals surface area contributed by atoms with Gasteiger partial charge in [0.2, 0.25) is 0 Å². The van der Waals surface area contributed by atoms with Crippen molar-refractivity contribution in [3.8, 4) is 17.2 Å². The van der Waals surface area contributed by atoms with Crippen LogP contribution >= 0.6 is 0 Å². The number of H-pyrrole nitrogens is 1. The summed E-state index contributed by atoms with van der Waals surface area (Å²) in [5.41, 5.74) is 11.0. The monoisotopic (exact) mass is 332 g/mol. The molecule has 0 bridgehead atoms. The quantitative estimate of drug-likeness (QED) is 0.602. The maximum absolute atomic E-state index is 11.6. The van der Waals surface area contributed by atoms with Gasteiger partial charge in [-0.3, -0.25) is 4.57 Å². The molecule has 0 fully saturated rings. The molecule has 4 aromatic rings. The number of rotatable bonds is 3. The van der Waals surface area contributed by atoms with E-state index in [-0.39, 0.29) is 5.76 Å². The molecule has 124 valence electrons. The first-order valence-corrected chi connectivity index (χ1v) is 7.92. The van der Waals surface area contributed by atoms with Crippen molar-refractivity contribution in [1.29, 1.82) is 5.26 Å². The van der Waals surface area contributed by atoms with Crippen LogP contribution in [0.15, 0.2) is 51.7 Å². The predicted molar refractivity (Wildman–Crippen MR) is 96.0 cm³/mol. The van der Waals surface area contributed by atoms with Crippen LogP contribution in [0.1, 0.15) is 5.69 Å². The fraction of sp³-hybridized carbons (Fsp3) is 0.158. The van der Waals surface area contributed by atoms with Crippen LogP contribution < -0.4 is 11.5 Å². The number of nitrogens with one attached hydrogen (secondary N) is 1. The molecule has 2 heterocycles. The molecule has 3 N–H and O–H groups in total. The molecule has 0 aliphatic carbocycles. The molecule has 6 heteroatoms. The van der Waals surface area contributed by atoms with Crippen molar-refractivity contribution in [2.24, 2.45) is 12.8 Å². The molecule has 6 nitrogen and oxygen atoms in total. The fourth-order valence-electron chi connectivity index (χ4n) is 3.07. The second-order valence-corrected chi connectivity index (χ2v) is 6.15. The summed E-state index contributed by atoms with van der Waals surface area (Å²) in [4.78, 5) is 15.0. The number of benzene rings is 2. The first-order valence-electron chi connectivity index (χ1n) is 7.92. The third kappa shape index (κ3) is 2.61. The van der Waals surface area contributed by atoms with Gasteiger partial charge in [0.05, 0.1) is 17.6 Å². The Balaban J connectivity index is 1.77. The Morgan fingerprint density at radius 1 is 1.24 bits per heavy atom. The molecular formula is C19H16N4O2. The van der Waals surface area contributed by atoms with E-state index in [9.17, 15) is 4.79 Å². The van der Waals surface area contributed by atoms with E-state index in [0.717, 1.165) is 33.2 Å². The van der Waals surface area contributed by atoms with Crippen LogP contribution in [0, 0.1) is 11.3 Å². The van der Waals surface area contributed by atoms with Crippen LogP contribution in [-0.4, -0.2) is 15.6 Å². The molecule has 1 unspecified atom stereocenters. The van der Waals surface area contributed by atoms with E-state index in [4.69, 9.17) is 15.4 Å². The zero-order valence-corrected chi connectivity index (χ0v) is 13.6. The summed E-state index contributed by atoms with van der Waals surface area (Å²) in [5.74, 6) is -0.370. The van der Waals surface area contributed by atoms with Crippen molar-refractivity contribution in [2.75, 3.05) is 0 Å². The summed E-state index contributed by atoms with van der Waals surface area (Å²) in [6.45, 7) is 0. The highest BCUT2D eigenvalue weighted by molar-refractivity contribution is 5.88. The van der Waals surface area contributed by atoms with Crippen molar-refractivity contribution in [3.05, 3.63) is 58.7 Å². The van der Waals surface area contributed by atoms with Gasteiger partial charge < -0.3 is 15.1 Å². The minimum absolute atomic E-state index is 0.370. The highest BCUT2D eigenvalue weighted by atomic mass is 16.4. The second-order valence-electron chi connectivity index (χ2n) is 6.15. The van der Waals surface area contributed by atoms with E-state index in [2.05, 4.69) is 11.1 Å². The zero-order valence-electron chi connectivity index (χ0n) is 13.6. The number of aryl methyl sites for hydroxylation is 1. The molecule has 2 aromatic heterocycles. The van der Waals surface area contributed by atoms with E-state index in [1.807, 2.05) is 42.5 Å². The Kier molecular flexibility index (Phi) is 3.45. The van der Waals surface area contributed by atoms with Crippen molar-refractivity contribution < 1.29 is 4.42 Å². The highest BCUT2D eigenvalue weighted by Gasteiger charge is 2.10. The number of hydrogen-bond acceptors (Lipinski definition) is 4. The minimum Gasteiger partial charge on any atom is -0.408 e. The minimum atomic E-state index is -0.516. The Hall–Kier alpha value is -3.30. The lowest BCUT2D eigenvalue weighted by Gasteiger charge is -2.03. The van der Waals surface area contributed by atoms with Crippen LogP contribution in [-0.2, 0) is 13.5 Å². The average molecular weight is 332 g/mol. The van der Waals surface area contributed by atoms with Crippen LogP contribution in [0.25, 0.3) is 33.1 Å². The summed E-state index contributed by atoms with van der Waals surface area (Å²) in [6, 6.07) is 15.3. The highest BCUT2D eigenvalue weighted by Crippen LogP contribution is 2.27. The van der Waals surface area contributed by atoms with Gasteiger partial charge in [-0.05, 0) is 40.8 Å². The van der Waals surface area contributed by atoms with Gasteiger partial charge in [0.15, 0.2) is 5.58 Å². The molecule has 0 amide bonds. The predicted octanol–water partition coefficient (Wildman–Crippen LogP) is 2.67. The number of nitrogens with zero attached hydrogens (tertiary/aromatic N) is 2. The van der Waals surface area contributed by atoms with Crippen LogP contribution in [0.2, 0.25) is 0 Å². The van der Waals surface area contributed by atoms with Gasteiger partial charge in [-0.25, -0.2) is 4.79 Å². The number of hydrogen-bond donors (Lipinski definition) is 2. The van der Waals surface area contributed by atoms with E-state index >= 15 is 0 Å². The zero-order chi connectivity index (χ0) is 17.6. The van der Waals surface area contributed by atoms with Crippen LogP contribution in [0.4, 0.5) is 0 Å². The molecule has 0 spiro atoms. The molecular weight excluding hydrogens is 316 g/mol. The maximum Gasteiger partial charge on any atom is 0.419 e. The number of aromatic amines is 1. The first kappa shape index (κ1) is 15.2. The molecule has 0 aliphatic heterocycles. The Morgan fingerprint density at radius 2 is 2.00 bits per heavy atom. The van der Waals surface area contributed by atoms with Gasteiger partial charge >= 0.3 is 5.76 Å². The normalized spacial score (nSPS) is 12.5. The molecule has 2 aromatic carbocycles. The second kappa shape index (κ2) is 5.65. The van der Waals surface area contributed by atoms with E-state index < -0.39 is 6.04 Å². The molecule has 0 radical (unpaired) electrons. The average Bonchev–Trinajstić information content (AvgIpc) is 3.14. The number of oxazole rings is 1. The number of aromatic nitrogens is 2. The van der Waals surface area contributed by atoms with Gasteiger partial charge in [0.25, 0.3) is 0 Å². The number of nitrogens with two attached hydrogens (primary N) is 1. The van der Waals surface area contributed by atoms with E-state index in [1.54, 1.807) is 7.05 Å². The van der Waals surface area contributed by atoms with E-state index in [1.165, 1.54) is 4.57 Å². The Bertz CT molecular complexity index is 1190. The van der Waals surface area contributed by atoms with E-state index in [0.29, 0.717) is 12.0 Å². The number of fused-ring (bicyclic) bond motifs is 2. The summed E-state index contributed by atoms with van der Waals surface area (Å²) in [5, 5.41) is 9.92. The largest absolute Gasteiger partial charge is 0.419 e. The lowest BCUT2D eigenvalue weighted by Crippen LogP contribution is -2.20. The third-order valence-corrected chi connectivity index (χ3v) is 4.41. The smallest absolute Gasteiger partial charge is 0.408 e. The van der Waals surface area contributed by atoms with Gasteiger partial charge in [0.1, 0.15) is 0 Å². The topological polar surface area (TPSA) is 101 Å². The molecule has 0 aliphatic rings. The van der Waals surface area contributed by atoms with Crippen molar-refractivity contribution in [2.45, 2.75) is 12.5 Å².